The number of hydrogen-bond donors (Lipinski definition) is 1. The van der Waals surface area contributed by atoms with Crippen molar-refractivity contribution in [3.05, 3.63) is 53.1 Å². The lowest BCUT2D eigenvalue weighted by molar-refractivity contribution is 0.354. The molecule has 0 aromatic heterocycles. The first-order valence-electron chi connectivity index (χ1n) is 6.38. The molecule has 0 aliphatic heterocycles. The molecule has 3 nitrogen and oxygen atoms in total. The van der Waals surface area contributed by atoms with Gasteiger partial charge in [0.15, 0.2) is 11.5 Å². The van der Waals surface area contributed by atoms with Gasteiger partial charge >= 0.3 is 0 Å². The first-order chi connectivity index (χ1) is 9.63. The summed E-state index contributed by atoms with van der Waals surface area (Å²) < 4.78 is 10.6. The lowest BCUT2D eigenvalue weighted by atomic mass is 10.1. The normalized spacial score (nSPS) is 11.8. The molecular weight excluding hydrogens is 274 g/mol. The molecule has 1 unspecified atom stereocenters. The minimum absolute atomic E-state index is 0.149. The Hall–Kier alpha value is -1.87. The predicted molar refractivity (Wildman–Crippen MR) is 83.0 cm³/mol. The standard InChI is InChI=1S/C16H18ClNO2/c1-11(18-14-7-5-13(17)6-8-14)12-4-9-15(19-2)16(10-12)20-3/h4-11,18H,1-3H3. The fourth-order valence-corrected chi connectivity index (χ4v) is 2.13. The van der Waals surface area contributed by atoms with Gasteiger partial charge in [0, 0.05) is 16.8 Å². The number of ether oxygens (including phenoxy) is 2. The molecule has 0 saturated carbocycles. The Labute approximate surface area is 124 Å². The van der Waals surface area contributed by atoms with Crippen LogP contribution in [0.5, 0.6) is 11.5 Å². The Morgan fingerprint density at radius 1 is 0.950 bits per heavy atom. The van der Waals surface area contributed by atoms with Crippen LogP contribution in [0.4, 0.5) is 5.69 Å². The molecule has 0 radical (unpaired) electrons. The van der Waals surface area contributed by atoms with Crippen LogP contribution in [0.15, 0.2) is 42.5 Å². The zero-order valence-corrected chi connectivity index (χ0v) is 12.6. The number of nitrogens with one attached hydrogen (secondary N) is 1. The van der Waals surface area contributed by atoms with Crippen LogP contribution in [-0.4, -0.2) is 14.2 Å². The number of anilines is 1. The average molecular weight is 292 g/mol. The molecule has 0 bridgehead atoms. The van der Waals surface area contributed by atoms with Crippen LogP contribution < -0.4 is 14.8 Å². The summed E-state index contributed by atoms with van der Waals surface area (Å²) in [6.45, 7) is 2.09. The van der Waals surface area contributed by atoms with Crippen molar-refractivity contribution in [3.63, 3.8) is 0 Å². The van der Waals surface area contributed by atoms with Gasteiger partial charge in [-0.2, -0.15) is 0 Å². The van der Waals surface area contributed by atoms with Gasteiger partial charge in [-0.05, 0) is 48.9 Å². The summed E-state index contributed by atoms with van der Waals surface area (Å²) in [5.41, 5.74) is 2.15. The molecule has 2 aromatic carbocycles. The summed E-state index contributed by atoms with van der Waals surface area (Å²) in [5.74, 6) is 1.46. The van der Waals surface area contributed by atoms with Gasteiger partial charge in [-0.25, -0.2) is 0 Å². The minimum Gasteiger partial charge on any atom is -0.493 e. The van der Waals surface area contributed by atoms with Gasteiger partial charge in [0.2, 0.25) is 0 Å². The maximum absolute atomic E-state index is 5.88. The van der Waals surface area contributed by atoms with Crippen LogP contribution in [0.25, 0.3) is 0 Å². The van der Waals surface area contributed by atoms with E-state index in [1.807, 2.05) is 42.5 Å². The van der Waals surface area contributed by atoms with Crippen LogP contribution >= 0.6 is 11.6 Å². The van der Waals surface area contributed by atoms with Gasteiger partial charge in [0.25, 0.3) is 0 Å². The lowest BCUT2D eigenvalue weighted by Crippen LogP contribution is -2.06. The summed E-state index contributed by atoms with van der Waals surface area (Å²) in [4.78, 5) is 0. The van der Waals surface area contributed by atoms with E-state index in [-0.39, 0.29) is 6.04 Å². The lowest BCUT2D eigenvalue weighted by Gasteiger charge is -2.17. The summed E-state index contributed by atoms with van der Waals surface area (Å²) in [6, 6.07) is 13.7. The minimum atomic E-state index is 0.149. The fourth-order valence-electron chi connectivity index (χ4n) is 2.00. The molecule has 20 heavy (non-hydrogen) atoms. The van der Waals surface area contributed by atoms with Crippen molar-refractivity contribution in [2.24, 2.45) is 0 Å². The highest BCUT2D eigenvalue weighted by molar-refractivity contribution is 6.30. The summed E-state index contributed by atoms with van der Waals surface area (Å²) in [5, 5.41) is 4.15. The van der Waals surface area contributed by atoms with E-state index in [9.17, 15) is 0 Å². The van der Waals surface area contributed by atoms with Crippen molar-refractivity contribution in [1.29, 1.82) is 0 Å². The van der Waals surface area contributed by atoms with Gasteiger partial charge in [0.05, 0.1) is 14.2 Å². The van der Waals surface area contributed by atoms with Gasteiger partial charge < -0.3 is 14.8 Å². The van der Waals surface area contributed by atoms with Crippen molar-refractivity contribution in [1.82, 2.24) is 0 Å². The number of halogens is 1. The molecule has 1 atom stereocenters. The molecule has 0 aliphatic carbocycles. The number of benzene rings is 2. The van der Waals surface area contributed by atoms with Crippen LogP contribution in [0.1, 0.15) is 18.5 Å². The number of methoxy groups -OCH3 is 2. The first kappa shape index (κ1) is 14.5. The third-order valence-electron chi connectivity index (χ3n) is 3.13. The average Bonchev–Trinajstić information content (AvgIpc) is 2.48. The topological polar surface area (TPSA) is 30.5 Å². The van der Waals surface area contributed by atoms with Crippen molar-refractivity contribution < 1.29 is 9.47 Å². The monoisotopic (exact) mass is 291 g/mol. The molecule has 1 N–H and O–H groups in total. The zero-order chi connectivity index (χ0) is 14.5. The van der Waals surface area contributed by atoms with E-state index >= 15 is 0 Å². The molecule has 0 heterocycles. The molecule has 2 aromatic rings. The van der Waals surface area contributed by atoms with Crippen molar-refractivity contribution in [2.45, 2.75) is 13.0 Å². The molecule has 0 amide bonds. The molecular formula is C16H18ClNO2. The van der Waals surface area contributed by atoms with Crippen LogP contribution in [-0.2, 0) is 0 Å². The van der Waals surface area contributed by atoms with E-state index in [2.05, 4.69) is 12.2 Å². The Bertz CT molecular complexity index is 569. The molecule has 106 valence electrons. The molecule has 4 heteroatoms. The van der Waals surface area contributed by atoms with Crippen molar-refractivity contribution >= 4 is 17.3 Å². The van der Waals surface area contributed by atoms with Crippen LogP contribution in [0.2, 0.25) is 5.02 Å². The smallest absolute Gasteiger partial charge is 0.161 e. The molecule has 2 rings (SSSR count). The van der Waals surface area contributed by atoms with Gasteiger partial charge in [-0.1, -0.05) is 17.7 Å². The van der Waals surface area contributed by atoms with E-state index in [1.54, 1.807) is 14.2 Å². The third kappa shape index (κ3) is 3.36. The molecule has 0 spiro atoms. The summed E-state index contributed by atoms with van der Waals surface area (Å²) >= 11 is 5.88. The van der Waals surface area contributed by atoms with Crippen molar-refractivity contribution in [2.75, 3.05) is 19.5 Å². The molecule has 0 fully saturated rings. The zero-order valence-electron chi connectivity index (χ0n) is 11.8. The third-order valence-corrected chi connectivity index (χ3v) is 3.39. The SMILES string of the molecule is COc1ccc(C(C)Nc2ccc(Cl)cc2)cc1OC. The second-order valence-electron chi connectivity index (χ2n) is 4.49. The van der Waals surface area contributed by atoms with E-state index < -0.39 is 0 Å². The van der Waals surface area contributed by atoms with Gasteiger partial charge in [-0.15, -0.1) is 0 Å². The predicted octanol–water partition coefficient (Wildman–Crippen LogP) is 4.53. The Morgan fingerprint density at radius 3 is 2.20 bits per heavy atom. The first-order valence-corrected chi connectivity index (χ1v) is 6.76. The maximum Gasteiger partial charge on any atom is 0.161 e. The summed E-state index contributed by atoms with van der Waals surface area (Å²) in [7, 11) is 3.27. The Balaban J connectivity index is 2.16. The van der Waals surface area contributed by atoms with E-state index in [4.69, 9.17) is 21.1 Å². The van der Waals surface area contributed by atoms with Gasteiger partial charge in [-0.3, -0.25) is 0 Å². The van der Waals surface area contributed by atoms with Crippen LogP contribution in [0, 0.1) is 0 Å². The Kier molecular flexibility index (Phi) is 4.74. The quantitative estimate of drug-likeness (QED) is 0.878. The Morgan fingerprint density at radius 2 is 1.60 bits per heavy atom. The van der Waals surface area contributed by atoms with E-state index in [0.29, 0.717) is 0 Å². The molecule has 0 aliphatic rings. The van der Waals surface area contributed by atoms with E-state index in [0.717, 1.165) is 27.8 Å². The summed E-state index contributed by atoms with van der Waals surface area (Å²) in [6.07, 6.45) is 0. The number of hydrogen-bond acceptors (Lipinski definition) is 3. The second-order valence-corrected chi connectivity index (χ2v) is 4.92. The van der Waals surface area contributed by atoms with E-state index in [1.165, 1.54) is 0 Å². The molecule has 0 saturated heterocycles. The van der Waals surface area contributed by atoms with Gasteiger partial charge in [0.1, 0.15) is 0 Å². The second kappa shape index (κ2) is 6.53. The van der Waals surface area contributed by atoms with Crippen molar-refractivity contribution in [3.8, 4) is 11.5 Å². The largest absolute Gasteiger partial charge is 0.493 e. The van der Waals surface area contributed by atoms with Crippen LogP contribution in [0.3, 0.4) is 0 Å². The highest BCUT2D eigenvalue weighted by Crippen LogP contribution is 2.31. The maximum atomic E-state index is 5.88. The fraction of sp³-hybridized carbons (Fsp3) is 0.250. The highest BCUT2D eigenvalue weighted by atomic mass is 35.5. The highest BCUT2D eigenvalue weighted by Gasteiger charge is 2.10. The number of rotatable bonds is 5.